The van der Waals surface area contributed by atoms with Crippen LogP contribution in [0.5, 0.6) is 0 Å². The van der Waals surface area contributed by atoms with E-state index in [2.05, 4.69) is 24.6 Å². The van der Waals surface area contributed by atoms with Gasteiger partial charge in [-0.1, -0.05) is 0 Å². The predicted octanol–water partition coefficient (Wildman–Crippen LogP) is 1.72. The van der Waals surface area contributed by atoms with Gasteiger partial charge in [-0.2, -0.15) is 0 Å². The summed E-state index contributed by atoms with van der Waals surface area (Å²) in [5.74, 6) is 0.582. The van der Waals surface area contributed by atoms with Crippen LogP contribution in [0.1, 0.15) is 6.42 Å². The molecule has 0 spiro atoms. The number of ether oxygens (including phenoxy) is 1. The lowest BCUT2D eigenvalue weighted by atomic mass is 9.89. The highest BCUT2D eigenvalue weighted by atomic mass is 16.5. The lowest BCUT2D eigenvalue weighted by Crippen LogP contribution is -2.21. The molecule has 0 aromatic rings. The van der Waals surface area contributed by atoms with Crippen molar-refractivity contribution in [3.63, 3.8) is 0 Å². The second-order valence-electron chi connectivity index (χ2n) is 2.75. The summed E-state index contributed by atoms with van der Waals surface area (Å²) in [7, 11) is 0. The van der Waals surface area contributed by atoms with E-state index in [9.17, 15) is 0 Å². The maximum Gasteiger partial charge on any atom is 0.0947 e. The molecular weight excluding hydrogens is 124 g/mol. The van der Waals surface area contributed by atoms with E-state index < -0.39 is 0 Å². The second kappa shape index (κ2) is 2.51. The Morgan fingerprint density at radius 3 is 3.50 bits per heavy atom. The van der Waals surface area contributed by atoms with Gasteiger partial charge in [-0.25, -0.2) is 0 Å². The maximum atomic E-state index is 5.33. The zero-order valence-corrected chi connectivity index (χ0v) is 5.92. The summed E-state index contributed by atoms with van der Waals surface area (Å²) in [6, 6.07) is 0. The van der Waals surface area contributed by atoms with E-state index >= 15 is 0 Å². The van der Waals surface area contributed by atoms with Gasteiger partial charge in [0.1, 0.15) is 0 Å². The molecule has 1 nitrogen and oxygen atoms in total. The van der Waals surface area contributed by atoms with Crippen LogP contribution in [0.4, 0.5) is 0 Å². The number of hydrogen-bond acceptors (Lipinski definition) is 1. The molecule has 0 aromatic heterocycles. The van der Waals surface area contributed by atoms with Crippen LogP contribution in [0.15, 0.2) is 23.8 Å². The van der Waals surface area contributed by atoms with Crippen LogP contribution >= 0.6 is 0 Å². The molecule has 0 saturated carbocycles. The molecule has 52 valence electrons. The van der Waals surface area contributed by atoms with Crippen molar-refractivity contribution in [2.75, 3.05) is 13.2 Å². The van der Waals surface area contributed by atoms with Crippen LogP contribution in [0.25, 0.3) is 0 Å². The molecule has 1 fully saturated rings. The third-order valence-electron chi connectivity index (χ3n) is 2.07. The normalized spacial score (nSPS) is 30.4. The molecule has 0 radical (unpaired) electrons. The van der Waals surface area contributed by atoms with Gasteiger partial charge in [0.2, 0.25) is 0 Å². The molecule has 1 unspecified atom stereocenters. The fraction of sp³-hybridized carbons (Fsp3) is 0.444. The van der Waals surface area contributed by atoms with Crippen molar-refractivity contribution in [3.8, 4) is 0 Å². The van der Waals surface area contributed by atoms with Crippen LogP contribution in [0.2, 0.25) is 0 Å². The Balaban J connectivity index is 2.14. The van der Waals surface area contributed by atoms with Gasteiger partial charge >= 0.3 is 0 Å². The third-order valence-corrected chi connectivity index (χ3v) is 2.07. The molecule has 0 aromatic carbocycles. The van der Waals surface area contributed by atoms with Gasteiger partial charge in [0.25, 0.3) is 0 Å². The molecule has 2 rings (SSSR count). The predicted molar refractivity (Wildman–Crippen MR) is 40.4 cm³/mol. The van der Waals surface area contributed by atoms with Crippen molar-refractivity contribution in [1.82, 2.24) is 0 Å². The molecule has 10 heavy (non-hydrogen) atoms. The molecule has 1 saturated heterocycles. The minimum absolute atomic E-state index is 0.582. The fourth-order valence-electron chi connectivity index (χ4n) is 1.46. The van der Waals surface area contributed by atoms with Gasteiger partial charge < -0.3 is 4.74 Å². The largest absolute Gasteiger partial charge is 0.378 e. The number of fused-ring (bicyclic) bond motifs is 1. The quantitative estimate of drug-likeness (QED) is 0.459. The van der Waals surface area contributed by atoms with Crippen molar-refractivity contribution in [1.29, 1.82) is 0 Å². The molecule has 0 bridgehead atoms. The van der Waals surface area contributed by atoms with E-state index in [1.165, 1.54) is 5.57 Å². The molecule has 1 atom stereocenters. The van der Waals surface area contributed by atoms with E-state index in [1.54, 1.807) is 0 Å². The van der Waals surface area contributed by atoms with Gasteiger partial charge in [0.15, 0.2) is 0 Å². The topological polar surface area (TPSA) is 9.23 Å². The van der Waals surface area contributed by atoms with Gasteiger partial charge in [-0.15, -0.1) is 0 Å². The van der Waals surface area contributed by atoms with Gasteiger partial charge in [0.05, 0.1) is 37.7 Å². The third kappa shape index (κ3) is 0.971. The Morgan fingerprint density at radius 1 is 1.60 bits per heavy atom. The molecule has 0 N–H and O–H groups in total. The zero-order valence-electron chi connectivity index (χ0n) is 5.92. The summed E-state index contributed by atoms with van der Waals surface area (Å²) in [6.45, 7) is 1.79. The summed E-state index contributed by atoms with van der Waals surface area (Å²) < 4.78 is 5.33. The Bertz CT molecular complexity index is 179. The average Bonchev–Trinajstić information content (AvgIpc) is 2.05. The fourth-order valence-corrected chi connectivity index (χ4v) is 1.46. The highest BCUT2D eigenvalue weighted by Crippen LogP contribution is 2.26. The molecule has 1 aliphatic carbocycles. The van der Waals surface area contributed by atoms with Crippen LogP contribution < -0.4 is 0 Å². The first kappa shape index (κ1) is 6.05. The van der Waals surface area contributed by atoms with Crippen molar-refractivity contribution in [3.05, 3.63) is 30.2 Å². The van der Waals surface area contributed by atoms with Gasteiger partial charge in [0, 0.05) is 6.08 Å². The highest BCUT2D eigenvalue weighted by molar-refractivity contribution is 5.27. The first-order valence-electron chi connectivity index (χ1n) is 3.75. The Morgan fingerprint density at radius 2 is 2.60 bits per heavy atom. The van der Waals surface area contributed by atoms with Crippen molar-refractivity contribution in [2.24, 2.45) is 5.92 Å². The summed E-state index contributed by atoms with van der Waals surface area (Å²) >= 11 is 0. The minimum atomic E-state index is 0.582. The number of hydrogen-bond donors (Lipinski definition) is 0. The average molecular weight is 135 g/mol. The van der Waals surface area contributed by atoms with E-state index in [0.29, 0.717) is 5.92 Å². The van der Waals surface area contributed by atoms with Crippen LogP contribution in [0, 0.1) is 12.3 Å². The zero-order chi connectivity index (χ0) is 6.81. The lowest BCUT2D eigenvalue weighted by molar-refractivity contribution is 0.0943. The van der Waals surface area contributed by atoms with Gasteiger partial charge in [-0.05, 0) is 12.0 Å². The highest BCUT2D eigenvalue weighted by Gasteiger charge is 2.24. The minimum Gasteiger partial charge on any atom is -0.378 e. The lowest BCUT2D eigenvalue weighted by Gasteiger charge is -2.21. The van der Waals surface area contributed by atoms with Crippen molar-refractivity contribution >= 4 is 0 Å². The van der Waals surface area contributed by atoms with Gasteiger partial charge in [-0.3, -0.25) is 0 Å². The summed E-state index contributed by atoms with van der Waals surface area (Å²) in [6.07, 6.45) is 9.76. The molecule has 0 amide bonds. The van der Waals surface area contributed by atoms with Crippen molar-refractivity contribution in [2.45, 2.75) is 6.42 Å². The smallest absolute Gasteiger partial charge is 0.0947 e. The SMILES string of the molecule is C1=C[CH+]C2COCCC2=C1. The monoisotopic (exact) mass is 135 g/mol. The van der Waals surface area contributed by atoms with E-state index in [-0.39, 0.29) is 0 Å². The van der Waals surface area contributed by atoms with Crippen LogP contribution in [0.3, 0.4) is 0 Å². The summed E-state index contributed by atoms with van der Waals surface area (Å²) in [4.78, 5) is 0. The van der Waals surface area contributed by atoms with E-state index in [1.807, 2.05) is 0 Å². The second-order valence-corrected chi connectivity index (χ2v) is 2.75. The standard InChI is InChI=1S/C9H11O/c1-2-4-9-7-10-6-5-8(9)3-1/h1-4,9H,5-7H2/q+1. The molecular formula is C9H11O+. The van der Waals surface area contributed by atoms with Crippen molar-refractivity contribution < 1.29 is 4.74 Å². The summed E-state index contributed by atoms with van der Waals surface area (Å²) in [5.41, 5.74) is 1.54. The van der Waals surface area contributed by atoms with E-state index in [0.717, 1.165) is 19.6 Å². The Kier molecular flexibility index (Phi) is 1.52. The molecule has 1 heteroatoms. The molecule has 2 aliphatic rings. The summed E-state index contributed by atoms with van der Waals surface area (Å²) in [5, 5.41) is 0. The Labute approximate surface area is 61.4 Å². The molecule has 1 heterocycles. The maximum absolute atomic E-state index is 5.33. The van der Waals surface area contributed by atoms with Crippen LogP contribution in [-0.4, -0.2) is 13.2 Å². The first-order valence-corrected chi connectivity index (χ1v) is 3.75. The first-order chi connectivity index (χ1) is 4.97. The number of rotatable bonds is 0. The van der Waals surface area contributed by atoms with Crippen LogP contribution in [-0.2, 0) is 4.74 Å². The Hall–Kier alpha value is -0.690. The van der Waals surface area contributed by atoms with E-state index in [4.69, 9.17) is 4.74 Å². The number of allylic oxidation sites excluding steroid dienone is 3. The molecule has 1 aliphatic heterocycles.